The number of carbonyl (C=O) groups is 2. The Balaban J connectivity index is 2.30. The molecule has 2 aliphatic rings. The van der Waals surface area contributed by atoms with Gasteiger partial charge in [0, 0.05) is 5.92 Å². The van der Waals surface area contributed by atoms with E-state index in [0.717, 1.165) is 24.8 Å². The Bertz CT molecular complexity index is 452. The van der Waals surface area contributed by atoms with Crippen LogP contribution in [0.1, 0.15) is 39.5 Å². The smallest absolute Gasteiger partial charge is 0.250 e. The number of unbranched alkanes of at least 4 members (excludes halogenated alkanes) is 1. The third-order valence-electron chi connectivity index (χ3n) is 4.12. The van der Waals surface area contributed by atoms with E-state index < -0.39 is 5.54 Å². The summed E-state index contributed by atoms with van der Waals surface area (Å²) in [4.78, 5) is 29.1. The number of hydroxylamine groups is 2. The van der Waals surface area contributed by atoms with E-state index in [1.165, 1.54) is 18.2 Å². The molecular formula is C15H21NO3. The molecule has 0 unspecified atom stereocenters. The number of carbonyl (C=O) groups excluding carboxylic acids is 2. The van der Waals surface area contributed by atoms with Crippen LogP contribution in [-0.4, -0.2) is 29.4 Å². The van der Waals surface area contributed by atoms with Crippen molar-refractivity contribution in [2.75, 3.05) is 7.11 Å². The lowest BCUT2D eigenvalue weighted by Gasteiger charge is -2.36. The maximum absolute atomic E-state index is 12.4. The quantitative estimate of drug-likeness (QED) is 0.782. The van der Waals surface area contributed by atoms with Gasteiger partial charge in [0.05, 0.1) is 7.11 Å². The molecule has 0 aromatic heterocycles. The van der Waals surface area contributed by atoms with Gasteiger partial charge in [-0.3, -0.25) is 14.4 Å². The highest BCUT2D eigenvalue weighted by Crippen LogP contribution is 2.43. The minimum atomic E-state index is -0.557. The summed E-state index contributed by atoms with van der Waals surface area (Å²) in [5.74, 6) is -0.00700. The Morgan fingerprint density at radius 2 is 2.21 bits per heavy atom. The number of nitrogens with zero attached hydrogens (tertiary/aromatic N) is 1. The van der Waals surface area contributed by atoms with Gasteiger partial charge in [0.2, 0.25) is 5.91 Å². The Labute approximate surface area is 114 Å². The van der Waals surface area contributed by atoms with Gasteiger partial charge in [-0.1, -0.05) is 19.8 Å². The molecule has 19 heavy (non-hydrogen) atoms. The van der Waals surface area contributed by atoms with Gasteiger partial charge in [-0.05, 0) is 43.6 Å². The van der Waals surface area contributed by atoms with Gasteiger partial charge >= 0.3 is 0 Å². The maximum Gasteiger partial charge on any atom is 0.250 e. The van der Waals surface area contributed by atoms with Crippen molar-refractivity contribution in [2.24, 2.45) is 5.92 Å². The molecule has 2 atom stereocenters. The minimum Gasteiger partial charge on any atom is -0.290 e. The van der Waals surface area contributed by atoms with Crippen LogP contribution in [0, 0.1) is 5.92 Å². The first-order valence-corrected chi connectivity index (χ1v) is 6.85. The van der Waals surface area contributed by atoms with Crippen molar-refractivity contribution >= 4 is 11.7 Å². The first kappa shape index (κ1) is 14.0. The van der Waals surface area contributed by atoms with Crippen molar-refractivity contribution in [3.8, 4) is 0 Å². The summed E-state index contributed by atoms with van der Waals surface area (Å²) in [6, 6.07) is 0. The zero-order chi connectivity index (χ0) is 14.0. The van der Waals surface area contributed by atoms with E-state index in [-0.39, 0.29) is 17.6 Å². The van der Waals surface area contributed by atoms with Crippen molar-refractivity contribution in [3.05, 3.63) is 23.8 Å². The number of ketones is 1. The third kappa shape index (κ3) is 2.25. The molecule has 0 saturated carbocycles. The highest BCUT2D eigenvalue weighted by molar-refractivity contribution is 6.02. The van der Waals surface area contributed by atoms with Crippen molar-refractivity contribution in [1.29, 1.82) is 0 Å². The average molecular weight is 263 g/mol. The number of hydrogen-bond acceptors (Lipinski definition) is 3. The molecule has 4 heteroatoms. The zero-order valence-corrected chi connectivity index (χ0v) is 11.8. The molecule has 0 bridgehead atoms. The molecule has 0 aromatic rings. The van der Waals surface area contributed by atoms with Crippen LogP contribution in [0.4, 0.5) is 0 Å². The zero-order valence-electron chi connectivity index (χ0n) is 11.8. The molecule has 1 spiro atoms. The lowest BCUT2D eigenvalue weighted by atomic mass is 9.81. The molecular weight excluding hydrogens is 242 g/mol. The number of amides is 1. The monoisotopic (exact) mass is 263 g/mol. The van der Waals surface area contributed by atoms with Gasteiger partial charge < -0.3 is 0 Å². The second kappa shape index (κ2) is 5.29. The topological polar surface area (TPSA) is 46.6 Å². The van der Waals surface area contributed by atoms with Gasteiger partial charge in [0.15, 0.2) is 5.78 Å². The molecule has 0 N–H and O–H groups in total. The average Bonchev–Trinajstić information content (AvgIpc) is 2.65. The molecule has 1 amide bonds. The molecule has 1 fully saturated rings. The largest absolute Gasteiger partial charge is 0.290 e. The first-order chi connectivity index (χ1) is 9.05. The van der Waals surface area contributed by atoms with Crippen LogP contribution in [0.15, 0.2) is 23.8 Å². The van der Waals surface area contributed by atoms with Crippen molar-refractivity contribution in [2.45, 2.75) is 45.1 Å². The predicted octanol–water partition coefficient (Wildman–Crippen LogP) is 2.41. The van der Waals surface area contributed by atoms with E-state index in [1.807, 2.05) is 13.0 Å². The molecule has 0 radical (unpaired) electrons. The normalized spacial score (nSPS) is 30.4. The summed E-state index contributed by atoms with van der Waals surface area (Å²) in [7, 11) is 1.51. The summed E-state index contributed by atoms with van der Waals surface area (Å²) in [6.07, 6.45) is 8.65. The summed E-state index contributed by atoms with van der Waals surface area (Å²) < 4.78 is 0. The fourth-order valence-corrected chi connectivity index (χ4v) is 3.03. The maximum atomic E-state index is 12.4. The molecule has 0 aromatic carbocycles. The van der Waals surface area contributed by atoms with Gasteiger partial charge in [-0.25, -0.2) is 5.06 Å². The first-order valence-electron chi connectivity index (χ1n) is 6.85. The summed E-state index contributed by atoms with van der Waals surface area (Å²) in [5.41, 5.74) is 0.326. The molecule has 1 saturated heterocycles. The summed E-state index contributed by atoms with van der Waals surface area (Å²) >= 11 is 0. The van der Waals surface area contributed by atoms with Crippen LogP contribution < -0.4 is 0 Å². The van der Waals surface area contributed by atoms with Crippen LogP contribution in [-0.2, 0) is 14.4 Å². The van der Waals surface area contributed by atoms with E-state index in [2.05, 4.69) is 6.92 Å². The molecule has 2 rings (SSSR count). The predicted molar refractivity (Wildman–Crippen MR) is 72.1 cm³/mol. The lowest BCUT2D eigenvalue weighted by Crippen LogP contribution is -2.45. The van der Waals surface area contributed by atoms with Crippen molar-refractivity contribution < 1.29 is 14.4 Å². The Morgan fingerprint density at radius 3 is 2.79 bits per heavy atom. The van der Waals surface area contributed by atoms with E-state index in [0.29, 0.717) is 6.42 Å². The summed E-state index contributed by atoms with van der Waals surface area (Å²) in [6.45, 7) is 4.01. The molecule has 1 aliphatic carbocycles. The van der Waals surface area contributed by atoms with Crippen molar-refractivity contribution in [3.63, 3.8) is 0 Å². The fraction of sp³-hybridized carbons (Fsp3) is 0.600. The van der Waals surface area contributed by atoms with E-state index in [1.54, 1.807) is 6.08 Å². The highest BCUT2D eigenvalue weighted by Gasteiger charge is 2.51. The Kier molecular flexibility index (Phi) is 3.90. The number of rotatable bonds is 4. The van der Waals surface area contributed by atoms with Crippen LogP contribution in [0.5, 0.6) is 0 Å². The minimum absolute atomic E-state index is 0.0129. The highest BCUT2D eigenvalue weighted by atomic mass is 16.7. The van der Waals surface area contributed by atoms with Gasteiger partial charge in [-0.15, -0.1) is 0 Å². The van der Waals surface area contributed by atoms with Gasteiger partial charge in [-0.2, -0.15) is 0 Å². The molecule has 4 nitrogen and oxygen atoms in total. The summed E-state index contributed by atoms with van der Waals surface area (Å²) in [5, 5.41) is 1.45. The van der Waals surface area contributed by atoms with Gasteiger partial charge in [0.1, 0.15) is 5.54 Å². The van der Waals surface area contributed by atoms with E-state index in [4.69, 9.17) is 4.84 Å². The molecule has 1 heterocycles. The standard InChI is InChI=1S/C15H21NO3/c1-4-5-6-12-10-15(16(19-3)14(12)18)8-7-13(17)9-11(15)2/h7-9,12H,4-6,10H2,1-3H3/t12-,15-/m0/s1. The van der Waals surface area contributed by atoms with Crippen molar-refractivity contribution in [1.82, 2.24) is 5.06 Å². The number of hydrogen-bond donors (Lipinski definition) is 0. The van der Waals surface area contributed by atoms with E-state index >= 15 is 0 Å². The Hall–Kier alpha value is -1.42. The lowest BCUT2D eigenvalue weighted by molar-refractivity contribution is -0.185. The van der Waals surface area contributed by atoms with Crippen LogP contribution in [0.2, 0.25) is 0 Å². The molecule has 1 aliphatic heterocycles. The van der Waals surface area contributed by atoms with Crippen LogP contribution in [0.3, 0.4) is 0 Å². The number of allylic oxidation sites excluding steroid dienone is 2. The molecule has 104 valence electrons. The van der Waals surface area contributed by atoms with Crippen LogP contribution in [0.25, 0.3) is 0 Å². The second-order valence-electron chi connectivity index (χ2n) is 5.35. The SMILES string of the molecule is CCCC[C@H]1C[C@]2(C=CC(=O)C=C2C)N(OC)C1=O. The van der Waals surface area contributed by atoms with Gasteiger partial charge in [0.25, 0.3) is 0 Å². The Morgan fingerprint density at radius 1 is 1.47 bits per heavy atom. The third-order valence-corrected chi connectivity index (χ3v) is 4.12. The van der Waals surface area contributed by atoms with E-state index in [9.17, 15) is 9.59 Å². The second-order valence-corrected chi connectivity index (χ2v) is 5.35. The fourth-order valence-electron chi connectivity index (χ4n) is 3.03. The van der Waals surface area contributed by atoms with Crippen LogP contribution >= 0.6 is 0 Å².